The minimum atomic E-state index is -0.741. The highest BCUT2D eigenvalue weighted by Crippen LogP contribution is 2.36. The lowest BCUT2D eigenvalue weighted by Gasteiger charge is -2.33. The maximum absolute atomic E-state index is 15.1. The van der Waals surface area contributed by atoms with Crippen molar-refractivity contribution in [2.75, 3.05) is 42.9 Å². The average molecular weight is 642 g/mol. The molecule has 47 heavy (non-hydrogen) atoms. The first kappa shape index (κ1) is 32.4. The number of anilines is 2. The smallest absolute Gasteiger partial charge is 0.306 e. The van der Waals surface area contributed by atoms with Crippen molar-refractivity contribution >= 4 is 23.5 Å². The first-order chi connectivity index (χ1) is 22.7. The molecule has 1 aromatic heterocycles. The lowest BCUT2D eigenvalue weighted by Crippen LogP contribution is -2.37. The number of carboxylic acid groups (broad SMARTS) is 1. The zero-order valence-electron chi connectivity index (χ0n) is 26.6. The Morgan fingerprint density at radius 1 is 1.00 bits per heavy atom. The Hall–Kier alpha value is -4.57. The number of amides is 1. The molecule has 246 valence electrons. The van der Waals surface area contributed by atoms with E-state index in [0.717, 1.165) is 42.3 Å². The first-order valence-electron chi connectivity index (χ1n) is 16.4. The minimum absolute atomic E-state index is 0.253. The van der Waals surface area contributed by atoms with Gasteiger partial charge in [0.25, 0.3) is 0 Å². The number of rotatable bonds is 11. The molecule has 0 spiro atoms. The number of benzene rings is 3. The van der Waals surface area contributed by atoms with E-state index in [0.29, 0.717) is 57.1 Å². The summed E-state index contributed by atoms with van der Waals surface area (Å²) in [6.45, 7) is 5.51. The SMILES string of the molecule is Cc1ccc(Cn2ccnc2NC(=O)[C@@H]2CN(CCCc3ccccc3)C[C@H]2c2ccc(F)cc2F)c(N2CCC(C(=O)O)CC2)c1. The molecule has 0 aliphatic carbocycles. The maximum Gasteiger partial charge on any atom is 0.306 e. The molecule has 4 aromatic rings. The van der Waals surface area contributed by atoms with E-state index in [1.807, 2.05) is 42.0 Å². The van der Waals surface area contributed by atoms with E-state index in [4.69, 9.17) is 0 Å². The quantitative estimate of drug-likeness (QED) is 0.206. The molecular weight excluding hydrogens is 600 g/mol. The molecule has 2 aliphatic heterocycles. The Bertz CT molecular complexity index is 1700. The Labute approximate surface area is 274 Å². The highest BCUT2D eigenvalue weighted by molar-refractivity contribution is 5.92. The molecule has 8 nitrogen and oxygen atoms in total. The molecule has 2 aliphatic rings. The molecule has 2 N–H and O–H groups in total. The van der Waals surface area contributed by atoms with E-state index in [1.54, 1.807) is 6.20 Å². The van der Waals surface area contributed by atoms with Gasteiger partial charge in [-0.05, 0) is 73.5 Å². The number of likely N-dealkylation sites (tertiary alicyclic amines) is 1. The standard InChI is InChI=1S/C37H41F2N5O3/c1-25-9-10-28(34(20-25)43-17-13-27(14-18-43)36(46)47)22-44-19-15-40-37(44)41-35(45)32-24-42(16-5-8-26-6-3-2-4-7-26)23-31(32)30-12-11-29(38)21-33(30)39/h2-4,6-7,9-12,15,19-21,27,31-32H,5,8,13-14,16-18,22-24H2,1H3,(H,46,47)(H,40,41,45)/t31-,32+/m0/s1. The lowest BCUT2D eigenvalue weighted by molar-refractivity contribution is -0.142. The predicted molar refractivity (Wildman–Crippen MR) is 178 cm³/mol. The molecule has 2 atom stereocenters. The molecule has 3 aromatic carbocycles. The second-order valence-electron chi connectivity index (χ2n) is 12.8. The van der Waals surface area contributed by atoms with Crippen LogP contribution in [0.4, 0.5) is 20.4 Å². The van der Waals surface area contributed by atoms with Crippen molar-refractivity contribution in [2.45, 2.75) is 45.1 Å². The fraction of sp³-hybridized carbons (Fsp3) is 0.378. The number of nitrogens with zero attached hydrogens (tertiary/aromatic N) is 4. The molecule has 0 unspecified atom stereocenters. The number of aryl methyl sites for hydroxylation is 2. The van der Waals surface area contributed by atoms with E-state index in [1.165, 1.54) is 17.7 Å². The Morgan fingerprint density at radius 2 is 1.79 bits per heavy atom. The van der Waals surface area contributed by atoms with Crippen LogP contribution in [0.1, 0.15) is 47.4 Å². The van der Waals surface area contributed by atoms with Crippen molar-refractivity contribution in [2.24, 2.45) is 11.8 Å². The van der Waals surface area contributed by atoms with E-state index in [9.17, 15) is 19.1 Å². The molecule has 6 rings (SSSR count). The lowest BCUT2D eigenvalue weighted by atomic mass is 9.88. The molecule has 2 saturated heterocycles. The molecule has 0 saturated carbocycles. The first-order valence-corrected chi connectivity index (χ1v) is 16.4. The van der Waals surface area contributed by atoms with Gasteiger partial charge in [-0.3, -0.25) is 14.9 Å². The summed E-state index contributed by atoms with van der Waals surface area (Å²) in [5.74, 6) is -3.19. The van der Waals surface area contributed by atoms with Crippen LogP contribution in [-0.2, 0) is 22.6 Å². The number of carbonyl (C=O) groups is 2. The molecule has 3 heterocycles. The van der Waals surface area contributed by atoms with Crippen molar-refractivity contribution < 1.29 is 23.5 Å². The van der Waals surface area contributed by atoms with Crippen LogP contribution in [0.25, 0.3) is 0 Å². The topological polar surface area (TPSA) is 90.7 Å². The van der Waals surface area contributed by atoms with Crippen molar-refractivity contribution in [1.29, 1.82) is 0 Å². The van der Waals surface area contributed by atoms with Gasteiger partial charge in [0, 0.05) is 56.2 Å². The minimum Gasteiger partial charge on any atom is -0.481 e. The third kappa shape index (κ3) is 7.71. The van der Waals surface area contributed by atoms with Gasteiger partial charge in [-0.1, -0.05) is 48.5 Å². The van der Waals surface area contributed by atoms with Gasteiger partial charge in [-0.15, -0.1) is 0 Å². The molecule has 10 heteroatoms. The summed E-state index contributed by atoms with van der Waals surface area (Å²) in [4.78, 5) is 34.3. The second-order valence-corrected chi connectivity index (χ2v) is 12.8. The molecular formula is C37H41F2N5O3. The normalized spacial score (nSPS) is 18.8. The van der Waals surface area contributed by atoms with Gasteiger partial charge in [-0.25, -0.2) is 13.8 Å². The number of carbonyl (C=O) groups excluding carboxylic acids is 1. The highest BCUT2D eigenvalue weighted by atomic mass is 19.1. The van der Waals surface area contributed by atoms with Gasteiger partial charge in [0.15, 0.2) is 0 Å². The summed E-state index contributed by atoms with van der Waals surface area (Å²) >= 11 is 0. The summed E-state index contributed by atoms with van der Waals surface area (Å²) in [7, 11) is 0. The Morgan fingerprint density at radius 3 is 2.53 bits per heavy atom. The predicted octanol–water partition coefficient (Wildman–Crippen LogP) is 6.11. The molecule has 2 fully saturated rings. The van der Waals surface area contributed by atoms with Crippen LogP contribution in [-0.4, -0.2) is 64.2 Å². The zero-order chi connectivity index (χ0) is 32.9. The van der Waals surface area contributed by atoms with Crippen molar-refractivity contribution in [3.05, 3.63) is 113 Å². The van der Waals surface area contributed by atoms with E-state index in [2.05, 4.69) is 44.4 Å². The summed E-state index contributed by atoms with van der Waals surface area (Å²) < 4.78 is 30.8. The van der Waals surface area contributed by atoms with Crippen LogP contribution >= 0.6 is 0 Å². The van der Waals surface area contributed by atoms with Crippen molar-refractivity contribution in [1.82, 2.24) is 14.5 Å². The zero-order valence-corrected chi connectivity index (χ0v) is 26.6. The Kier molecular flexibility index (Phi) is 9.96. The molecule has 0 bridgehead atoms. The number of aliphatic carboxylic acids is 1. The number of imidazole rings is 1. The van der Waals surface area contributed by atoms with E-state index < -0.39 is 29.4 Å². The molecule has 0 radical (unpaired) electrons. The van der Waals surface area contributed by atoms with Gasteiger partial charge in [0.05, 0.1) is 18.4 Å². The van der Waals surface area contributed by atoms with Gasteiger partial charge in [0.1, 0.15) is 11.6 Å². The van der Waals surface area contributed by atoms with Gasteiger partial charge >= 0.3 is 5.97 Å². The van der Waals surface area contributed by atoms with Crippen LogP contribution < -0.4 is 10.2 Å². The van der Waals surface area contributed by atoms with Gasteiger partial charge in [-0.2, -0.15) is 0 Å². The largest absolute Gasteiger partial charge is 0.481 e. The fourth-order valence-corrected chi connectivity index (χ4v) is 7.02. The number of halogens is 2. The van der Waals surface area contributed by atoms with Crippen LogP contribution in [0.2, 0.25) is 0 Å². The number of carboxylic acids is 1. The summed E-state index contributed by atoms with van der Waals surface area (Å²) in [5, 5.41) is 12.5. The van der Waals surface area contributed by atoms with Crippen LogP contribution in [0.3, 0.4) is 0 Å². The monoisotopic (exact) mass is 641 g/mol. The number of hydrogen-bond acceptors (Lipinski definition) is 5. The molecule has 1 amide bonds. The fourth-order valence-electron chi connectivity index (χ4n) is 7.02. The van der Waals surface area contributed by atoms with Gasteiger partial charge < -0.3 is 19.5 Å². The van der Waals surface area contributed by atoms with Gasteiger partial charge in [0.2, 0.25) is 11.9 Å². The number of hydrogen-bond donors (Lipinski definition) is 2. The van der Waals surface area contributed by atoms with Crippen LogP contribution in [0.15, 0.2) is 79.1 Å². The highest BCUT2D eigenvalue weighted by Gasteiger charge is 2.40. The van der Waals surface area contributed by atoms with Crippen molar-refractivity contribution in [3.63, 3.8) is 0 Å². The van der Waals surface area contributed by atoms with E-state index >= 15 is 4.39 Å². The summed E-state index contributed by atoms with van der Waals surface area (Å²) in [6.07, 6.45) is 6.44. The van der Waals surface area contributed by atoms with Crippen LogP contribution in [0, 0.1) is 30.4 Å². The van der Waals surface area contributed by atoms with Crippen molar-refractivity contribution in [3.8, 4) is 0 Å². The average Bonchev–Trinajstić information content (AvgIpc) is 3.69. The second kappa shape index (κ2) is 14.5. The number of piperidine rings is 1. The van der Waals surface area contributed by atoms with Crippen LogP contribution in [0.5, 0.6) is 0 Å². The summed E-state index contributed by atoms with van der Waals surface area (Å²) in [6, 6.07) is 20.1. The number of nitrogens with one attached hydrogen (secondary N) is 1. The summed E-state index contributed by atoms with van der Waals surface area (Å²) in [5.41, 5.74) is 4.78. The third-order valence-corrected chi connectivity index (χ3v) is 9.59. The van der Waals surface area contributed by atoms with E-state index in [-0.39, 0.29) is 11.8 Å². The number of aromatic nitrogens is 2. The third-order valence-electron chi connectivity index (χ3n) is 9.59. The Balaban J connectivity index is 1.17. The maximum atomic E-state index is 15.1.